The fraction of sp³-hybridized carbons (Fsp3) is 0.250. The molecule has 0 aromatic heterocycles. The van der Waals surface area contributed by atoms with Crippen LogP contribution in [0.3, 0.4) is 0 Å². The van der Waals surface area contributed by atoms with Gasteiger partial charge in [0.1, 0.15) is 17.9 Å². The number of carbonyl (C=O) groups is 3. The van der Waals surface area contributed by atoms with E-state index in [4.69, 9.17) is 0 Å². The predicted molar refractivity (Wildman–Crippen MR) is 98.5 cm³/mol. The van der Waals surface area contributed by atoms with Crippen molar-refractivity contribution in [3.8, 4) is 0 Å². The summed E-state index contributed by atoms with van der Waals surface area (Å²) in [6.45, 7) is 4.79. The second kappa shape index (κ2) is 6.83. The molecule has 1 aliphatic rings. The van der Waals surface area contributed by atoms with Crippen molar-refractivity contribution in [1.29, 1.82) is 0 Å². The number of urea groups is 1. The molecule has 0 bridgehead atoms. The molecule has 7 heteroatoms. The number of anilines is 1. The maximum Gasteiger partial charge on any atom is 0.325 e. The Kier molecular flexibility index (Phi) is 4.70. The summed E-state index contributed by atoms with van der Waals surface area (Å²) in [7, 11) is 0. The van der Waals surface area contributed by atoms with Crippen molar-refractivity contribution in [2.24, 2.45) is 0 Å². The van der Waals surface area contributed by atoms with E-state index >= 15 is 0 Å². The average Bonchev–Trinajstić information content (AvgIpc) is 2.83. The van der Waals surface area contributed by atoms with Crippen LogP contribution in [0.1, 0.15) is 23.6 Å². The van der Waals surface area contributed by atoms with Gasteiger partial charge in [0.15, 0.2) is 0 Å². The number of nitrogens with zero attached hydrogens (tertiary/aromatic N) is 1. The molecule has 140 valence electrons. The lowest BCUT2D eigenvalue weighted by atomic mass is 9.91. The number of hydrogen-bond acceptors (Lipinski definition) is 3. The van der Waals surface area contributed by atoms with Crippen molar-refractivity contribution in [3.63, 3.8) is 0 Å². The van der Waals surface area contributed by atoms with Gasteiger partial charge in [0.25, 0.3) is 5.91 Å². The van der Waals surface area contributed by atoms with Crippen molar-refractivity contribution in [2.75, 3.05) is 11.9 Å². The lowest BCUT2D eigenvalue weighted by molar-refractivity contribution is -0.133. The molecule has 1 saturated heterocycles. The number of halogens is 1. The molecule has 6 nitrogen and oxygen atoms in total. The number of carbonyl (C=O) groups excluding carboxylic acids is 3. The lowest BCUT2D eigenvalue weighted by Crippen LogP contribution is -2.42. The zero-order valence-corrected chi connectivity index (χ0v) is 15.3. The first kappa shape index (κ1) is 18.6. The Morgan fingerprint density at radius 2 is 1.81 bits per heavy atom. The quantitative estimate of drug-likeness (QED) is 0.814. The van der Waals surface area contributed by atoms with Crippen LogP contribution >= 0.6 is 0 Å². The third-order valence-electron chi connectivity index (χ3n) is 4.68. The SMILES string of the molecule is Cc1ccc(C2(C)NC(=O)N(CC(=O)Nc3cc(F)ccc3C)C2=O)cc1. The van der Waals surface area contributed by atoms with Gasteiger partial charge in [0.05, 0.1) is 0 Å². The van der Waals surface area contributed by atoms with Crippen molar-refractivity contribution >= 4 is 23.5 Å². The molecule has 1 aliphatic heterocycles. The fourth-order valence-corrected chi connectivity index (χ4v) is 2.99. The second-order valence-corrected chi connectivity index (χ2v) is 6.82. The summed E-state index contributed by atoms with van der Waals surface area (Å²) >= 11 is 0. The molecule has 1 heterocycles. The van der Waals surface area contributed by atoms with E-state index in [1.54, 1.807) is 26.0 Å². The highest BCUT2D eigenvalue weighted by molar-refractivity contribution is 6.10. The normalized spacial score (nSPS) is 19.2. The molecular formula is C20H20FN3O3. The highest BCUT2D eigenvalue weighted by atomic mass is 19.1. The Labute approximate surface area is 156 Å². The van der Waals surface area contributed by atoms with Crippen LogP contribution in [0.4, 0.5) is 14.9 Å². The number of nitrogens with one attached hydrogen (secondary N) is 2. The van der Waals surface area contributed by atoms with Crippen LogP contribution in [-0.4, -0.2) is 29.3 Å². The zero-order chi connectivity index (χ0) is 19.8. The smallest absolute Gasteiger partial charge is 0.324 e. The van der Waals surface area contributed by atoms with Crippen molar-refractivity contribution in [1.82, 2.24) is 10.2 Å². The van der Waals surface area contributed by atoms with Gasteiger partial charge in [-0.2, -0.15) is 0 Å². The van der Waals surface area contributed by atoms with Gasteiger partial charge in [-0.05, 0) is 44.0 Å². The molecule has 1 fully saturated rings. The monoisotopic (exact) mass is 369 g/mol. The molecular weight excluding hydrogens is 349 g/mol. The molecule has 0 spiro atoms. The first-order valence-corrected chi connectivity index (χ1v) is 8.48. The lowest BCUT2D eigenvalue weighted by Gasteiger charge is -2.22. The minimum atomic E-state index is -1.24. The summed E-state index contributed by atoms with van der Waals surface area (Å²) in [5, 5.41) is 5.19. The summed E-state index contributed by atoms with van der Waals surface area (Å²) in [4.78, 5) is 38.3. The number of rotatable bonds is 4. The van der Waals surface area contributed by atoms with E-state index in [9.17, 15) is 18.8 Å². The van der Waals surface area contributed by atoms with Gasteiger partial charge in [-0.3, -0.25) is 14.5 Å². The Balaban J connectivity index is 1.76. The van der Waals surface area contributed by atoms with Gasteiger partial charge in [-0.25, -0.2) is 9.18 Å². The van der Waals surface area contributed by atoms with Crippen LogP contribution in [0.25, 0.3) is 0 Å². The first-order valence-electron chi connectivity index (χ1n) is 8.48. The Bertz CT molecular complexity index is 927. The Hall–Kier alpha value is -3.22. The molecule has 0 radical (unpaired) electrons. The molecule has 1 unspecified atom stereocenters. The molecule has 2 N–H and O–H groups in total. The van der Waals surface area contributed by atoms with E-state index in [-0.39, 0.29) is 0 Å². The van der Waals surface area contributed by atoms with E-state index in [0.29, 0.717) is 16.8 Å². The molecule has 0 saturated carbocycles. The van der Waals surface area contributed by atoms with Crippen molar-refractivity contribution in [3.05, 3.63) is 65.0 Å². The van der Waals surface area contributed by atoms with Gasteiger partial charge in [-0.15, -0.1) is 0 Å². The van der Waals surface area contributed by atoms with Gasteiger partial charge in [0.2, 0.25) is 5.91 Å². The minimum absolute atomic E-state index is 0.299. The van der Waals surface area contributed by atoms with Crippen LogP contribution in [0.2, 0.25) is 0 Å². The third-order valence-corrected chi connectivity index (χ3v) is 4.68. The summed E-state index contributed by atoms with van der Waals surface area (Å²) in [5.74, 6) is -1.58. The standard InChI is InChI=1S/C20H20FN3O3/c1-12-4-7-14(8-5-12)20(3)18(26)24(19(27)23-20)11-17(25)22-16-10-15(21)9-6-13(16)2/h4-10H,11H2,1-3H3,(H,22,25)(H,23,27). The summed E-state index contributed by atoms with van der Waals surface area (Å²) in [6, 6.07) is 10.6. The van der Waals surface area contributed by atoms with E-state index in [1.165, 1.54) is 18.2 Å². The van der Waals surface area contributed by atoms with Gasteiger partial charge < -0.3 is 10.6 Å². The van der Waals surface area contributed by atoms with Crippen LogP contribution < -0.4 is 10.6 Å². The molecule has 27 heavy (non-hydrogen) atoms. The van der Waals surface area contributed by atoms with Gasteiger partial charge in [-0.1, -0.05) is 35.9 Å². The topological polar surface area (TPSA) is 78.5 Å². The highest BCUT2D eigenvalue weighted by Crippen LogP contribution is 2.29. The molecule has 2 aromatic rings. The van der Waals surface area contributed by atoms with Crippen molar-refractivity contribution in [2.45, 2.75) is 26.3 Å². The third kappa shape index (κ3) is 3.53. The number of benzene rings is 2. The second-order valence-electron chi connectivity index (χ2n) is 6.82. The predicted octanol–water partition coefficient (Wildman–Crippen LogP) is 2.85. The molecule has 2 aromatic carbocycles. The largest absolute Gasteiger partial charge is 0.325 e. The molecule has 3 rings (SSSR count). The minimum Gasteiger partial charge on any atom is -0.324 e. The van der Waals surface area contributed by atoms with Crippen molar-refractivity contribution < 1.29 is 18.8 Å². The average molecular weight is 369 g/mol. The van der Waals surface area contributed by atoms with Gasteiger partial charge in [0, 0.05) is 5.69 Å². The number of imide groups is 1. The van der Waals surface area contributed by atoms with Crippen LogP contribution in [0, 0.1) is 19.7 Å². The Morgan fingerprint density at radius 3 is 2.48 bits per heavy atom. The van der Waals surface area contributed by atoms with E-state index < -0.39 is 35.7 Å². The Morgan fingerprint density at radius 1 is 1.15 bits per heavy atom. The maximum atomic E-state index is 13.4. The maximum absolute atomic E-state index is 13.4. The van der Waals surface area contributed by atoms with E-state index in [0.717, 1.165) is 10.5 Å². The van der Waals surface area contributed by atoms with Crippen LogP contribution in [0.15, 0.2) is 42.5 Å². The zero-order valence-electron chi connectivity index (χ0n) is 15.3. The molecule has 0 aliphatic carbocycles. The summed E-state index contributed by atoms with van der Waals surface area (Å²) in [6.07, 6.45) is 0. The van der Waals surface area contributed by atoms with Crippen LogP contribution in [-0.2, 0) is 15.1 Å². The number of aryl methyl sites for hydroxylation is 2. The number of hydrogen-bond donors (Lipinski definition) is 2. The van der Waals surface area contributed by atoms with E-state index in [2.05, 4.69) is 10.6 Å². The summed E-state index contributed by atoms with van der Waals surface area (Å²) in [5.41, 5.74) is 1.40. The van der Waals surface area contributed by atoms with Crippen LogP contribution in [0.5, 0.6) is 0 Å². The van der Waals surface area contributed by atoms with E-state index in [1.807, 2.05) is 19.1 Å². The first-order chi connectivity index (χ1) is 12.7. The number of amides is 4. The highest BCUT2D eigenvalue weighted by Gasteiger charge is 2.49. The molecule has 1 atom stereocenters. The molecule has 4 amide bonds. The summed E-state index contributed by atoms with van der Waals surface area (Å²) < 4.78 is 13.4. The fourth-order valence-electron chi connectivity index (χ4n) is 2.99. The van der Waals surface area contributed by atoms with Gasteiger partial charge >= 0.3 is 6.03 Å².